The molecule has 0 radical (unpaired) electrons. The Balaban J connectivity index is 2.54. The van der Waals surface area contributed by atoms with Gasteiger partial charge in [0.25, 0.3) is 5.91 Å². The molecule has 1 unspecified atom stereocenters. The Morgan fingerprint density at radius 1 is 1.25 bits per heavy atom. The van der Waals surface area contributed by atoms with Gasteiger partial charge in [-0.2, -0.15) is 0 Å². The van der Waals surface area contributed by atoms with Crippen molar-refractivity contribution in [3.05, 3.63) is 34.9 Å². The summed E-state index contributed by atoms with van der Waals surface area (Å²) in [5.74, 6) is -1.36. The van der Waals surface area contributed by atoms with Crippen LogP contribution < -0.4 is 10.6 Å². The largest absolute Gasteiger partial charge is 0.449 e. The van der Waals surface area contributed by atoms with Crippen molar-refractivity contribution in [1.29, 1.82) is 0 Å². The standard InChI is InChI=1S/C13H15ClN2O4/c1-3-15-13(19)16-11(17)8(2)20-12(18)9-4-6-10(14)7-5-9/h4-8H,3H2,1-2H3,(H2,15,16,17,19). The number of hydrogen-bond donors (Lipinski definition) is 2. The van der Waals surface area contributed by atoms with Crippen molar-refractivity contribution >= 4 is 29.5 Å². The Labute approximate surface area is 121 Å². The molecule has 2 N–H and O–H groups in total. The number of carbonyl (C=O) groups excluding carboxylic acids is 3. The molecular formula is C13H15ClN2O4. The summed E-state index contributed by atoms with van der Waals surface area (Å²) >= 11 is 5.70. The third-order valence-electron chi connectivity index (χ3n) is 2.31. The molecule has 3 amide bonds. The molecule has 1 rings (SSSR count). The van der Waals surface area contributed by atoms with E-state index in [1.54, 1.807) is 6.92 Å². The predicted molar refractivity (Wildman–Crippen MR) is 73.5 cm³/mol. The van der Waals surface area contributed by atoms with Crippen LogP contribution in [0.4, 0.5) is 4.79 Å². The van der Waals surface area contributed by atoms with Gasteiger partial charge in [-0.05, 0) is 38.1 Å². The van der Waals surface area contributed by atoms with Crippen LogP contribution in [0, 0.1) is 0 Å². The van der Waals surface area contributed by atoms with Gasteiger partial charge in [0.2, 0.25) is 0 Å². The van der Waals surface area contributed by atoms with Crippen LogP contribution in [0.2, 0.25) is 5.02 Å². The first-order chi connectivity index (χ1) is 9.43. The highest BCUT2D eigenvalue weighted by atomic mass is 35.5. The summed E-state index contributed by atoms with van der Waals surface area (Å²) < 4.78 is 4.94. The fourth-order valence-electron chi connectivity index (χ4n) is 1.29. The molecule has 1 atom stereocenters. The molecule has 0 saturated carbocycles. The second-order valence-electron chi connectivity index (χ2n) is 3.90. The Bertz CT molecular complexity index is 502. The molecule has 0 aromatic heterocycles. The minimum absolute atomic E-state index is 0.270. The molecule has 0 aliphatic heterocycles. The van der Waals surface area contributed by atoms with E-state index < -0.39 is 24.0 Å². The topological polar surface area (TPSA) is 84.5 Å². The van der Waals surface area contributed by atoms with Gasteiger partial charge in [-0.15, -0.1) is 0 Å². The highest BCUT2D eigenvalue weighted by Gasteiger charge is 2.20. The lowest BCUT2D eigenvalue weighted by molar-refractivity contribution is -0.127. The third kappa shape index (κ3) is 4.89. The predicted octanol–water partition coefficient (Wildman–Crippen LogP) is 1.73. The molecule has 1 aromatic carbocycles. The highest BCUT2D eigenvalue weighted by Crippen LogP contribution is 2.11. The quantitative estimate of drug-likeness (QED) is 0.829. The van der Waals surface area contributed by atoms with Gasteiger partial charge in [0, 0.05) is 11.6 Å². The van der Waals surface area contributed by atoms with Gasteiger partial charge >= 0.3 is 12.0 Å². The molecule has 0 bridgehead atoms. The minimum Gasteiger partial charge on any atom is -0.449 e. The average Bonchev–Trinajstić information content (AvgIpc) is 2.39. The summed E-state index contributed by atoms with van der Waals surface area (Å²) in [6.45, 7) is 3.48. The number of urea groups is 1. The molecule has 20 heavy (non-hydrogen) atoms. The maximum atomic E-state index is 11.7. The zero-order chi connectivity index (χ0) is 15.1. The van der Waals surface area contributed by atoms with Crippen LogP contribution in [0.5, 0.6) is 0 Å². The van der Waals surface area contributed by atoms with E-state index in [0.717, 1.165) is 0 Å². The van der Waals surface area contributed by atoms with E-state index in [9.17, 15) is 14.4 Å². The van der Waals surface area contributed by atoms with Crippen LogP contribution in [0.25, 0.3) is 0 Å². The van der Waals surface area contributed by atoms with Gasteiger partial charge in [-0.3, -0.25) is 10.1 Å². The van der Waals surface area contributed by atoms with E-state index in [-0.39, 0.29) is 5.56 Å². The zero-order valence-corrected chi connectivity index (χ0v) is 11.9. The van der Waals surface area contributed by atoms with Crippen molar-refractivity contribution in [3.8, 4) is 0 Å². The van der Waals surface area contributed by atoms with E-state index in [1.807, 2.05) is 0 Å². The molecule has 6 nitrogen and oxygen atoms in total. The van der Waals surface area contributed by atoms with Gasteiger partial charge in [-0.25, -0.2) is 9.59 Å². The fraction of sp³-hybridized carbons (Fsp3) is 0.308. The minimum atomic E-state index is -1.08. The molecule has 0 heterocycles. The summed E-state index contributed by atoms with van der Waals surface area (Å²) in [5.41, 5.74) is 0.270. The zero-order valence-electron chi connectivity index (χ0n) is 11.1. The first kappa shape index (κ1) is 16.0. The van der Waals surface area contributed by atoms with Crippen molar-refractivity contribution in [3.63, 3.8) is 0 Å². The molecule has 0 spiro atoms. The molecule has 0 aliphatic carbocycles. The maximum absolute atomic E-state index is 11.7. The first-order valence-electron chi connectivity index (χ1n) is 5.99. The Kier molecular flexibility index (Phi) is 5.99. The van der Waals surface area contributed by atoms with E-state index in [2.05, 4.69) is 10.6 Å². The van der Waals surface area contributed by atoms with E-state index in [4.69, 9.17) is 16.3 Å². The van der Waals surface area contributed by atoms with Gasteiger partial charge < -0.3 is 10.1 Å². The smallest absolute Gasteiger partial charge is 0.338 e. The molecule has 108 valence electrons. The second-order valence-corrected chi connectivity index (χ2v) is 4.34. The molecule has 0 fully saturated rings. The van der Waals surface area contributed by atoms with Crippen LogP contribution in [0.1, 0.15) is 24.2 Å². The maximum Gasteiger partial charge on any atom is 0.338 e. The normalized spacial score (nSPS) is 11.3. The Hall–Kier alpha value is -2.08. The van der Waals surface area contributed by atoms with E-state index in [0.29, 0.717) is 11.6 Å². The molecule has 7 heteroatoms. The molecular weight excluding hydrogens is 284 g/mol. The van der Waals surface area contributed by atoms with Crippen LogP contribution in [-0.4, -0.2) is 30.6 Å². The summed E-state index contributed by atoms with van der Waals surface area (Å²) in [6.07, 6.45) is -1.08. The van der Waals surface area contributed by atoms with Crippen LogP contribution in [0.15, 0.2) is 24.3 Å². The number of rotatable bonds is 4. The van der Waals surface area contributed by atoms with Crippen molar-refractivity contribution in [1.82, 2.24) is 10.6 Å². The lowest BCUT2D eigenvalue weighted by Gasteiger charge is -2.13. The molecule has 0 saturated heterocycles. The molecule has 1 aromatic rings. The molecule has 0 aliphatic rings. The third-order valence-corrected chi connectivity index (χ3v) is 2.56. The number of nitrogens with one attached hydrogen (secondary N) is 2. The number of amides is 3. The summed E-state index contributed by atoms with van der Waals surface area (Å²) in [4.78, 5) is 34.5. The fourth-order valence-corrected chi connectivity index (χ4v) is 1.41. The number of halogens is 1. The van der Waals surface area contributed by atoms with Crippen molar-refractivity contribution < 1.29 is 19.1 Å². The van der Waals surface area contributed by atoms with Crippen LogP contribution in [-0.2, 0) is 9.53 Å². The van der Waals surface area contributed by atoms with Crippen molar-refractivity contribution in [2.24, 2.45) is 0 Å². The van der Waals surface area contributed by atoms with Gasteiger partial charge in [0.1, 0.15) is 0 Å². The van der Waals surface area contributed by atoms with Crippen molar-refractivity contribution in [2.75, 3.05) is 6.54 Å². The van der Waals surface area contributed by atoms with Gasteiger partial charge in [-0.1, -0.05) is 11.6 Å². The number of hydrogen-bond acceptors (Lipinski definition) is 4. The number of imide groups is 1. The number of benzene rings is 1. The number of ether oxygens (including phenoxy) is 1. The van der Waals surface area contributed by atoms with Crippen molar-refractivity contribution in [2.45, 2.75) is 20.0 Å². The lowest BCUT2D eigenvalue weighted by Crippen LogP contribution is -2.44. The SMILES string of the molecule is CCNC(=O)NC(=O)C(C)OC(=O)c1ccc(Cl)cc1. The monoisotopic (exact) mass is 298 g/mol. The van der Waals surface area contributed by atoms with Crippen LogP contribution >= 0.6 is 11.6 Å². The first-order valence-corrected chi connectivity index (χ1v) is 6.37. The summed E-state index contributed by atoms with van der Waals surface area (Å²) in [7, 11) is 0. The average molecular weight is 299 g/mol. The van der Waals surface area contributed by atoms with Gasteiger partial charge in [0.15, 0.2) is 6.10 Å². The second kappa shape index (κ2) is 7.49. The number of carbonyl (C=O) groups is 3. The lowest BCUT2D eigenvalue weighted by atomic mass is 10.2. The summed E-state index contributed by atoms with van der Waals surface area (Å²) in [5, 5.41) is 4.95. The Morgan fingerprint density at radius 2 is 1.85 bits per heavy atom. The number of esters is 1. The highest BCUT2D eigenvalue weighted by molar-refractivity contribution is 6.30. The van der Waals surface area contributed by atoms with E-state index >= 15 is 0 Å². The van der Waals surface area contributed by atoms with Gasteiger partial charge in [0.05, 0.1) is 5.56 Å². The summed E-state index contributed by atoms with van der Waals surface area (Å²) in [6, 6.07) is 5.42. The van der Waals surface area contributed by atoms with Crippen LogP contribution in [0.3, 0.4) is 0 Å². The van der Waals surface area contributed by atoms with E-state index in [1.165, 1.54) is 31.2 Å². The Morgan fingerprint density at radius 3 is 2.40 bits per heavy atom.